The monoisotopic (exact) mass is 497 g/mol. The van der Waals surface area contributed by atoms with Crippen LogP contribution in [-0.4, -0.2) is 53.3 Å². The molecular weight excluding hydrogens is 462 g/mol. The summed E-state index contributed by atoms with van der Waals surface area (Å²) in [6.07, 6.45) is 3.80. The van der Waals surface area contributed by atoms with Crippen LogP contribution >= 0.6 is 0 Å². The number of hydrogen-bond donors (Lipinski definition) is 1. The number of hydrogen-bond acceptors (Lipinski definition) is 3. The number of nitrogens with zero attached hydrogens (tertiary/aromatic N) is 2. The minimum absolute atomic E-state index is 0.0415. The van der Waals surface area contributed by atoms with Crippen molar-refractivity contribution in [1.29, 1.82) is 0 Å². The van der Waals surface area contributed by atoms with Crippen molar-refractivity contribution in [2.75, 3.05) is 26.7 Å². The number of para-hydroxylation sites is 1. The van der Waals surface area contributed by atoms with Gasteiger partial charge >= 0.3 is 0 Å². The van der Waals surface area contributed by atoms with Gasteiger partial charge in [0, 0.05) is 36.7 Å². The van der Waals surface area contributed by atoms with Crippen LogP contribution in [0.1, 0.15) is 30.0 Å². The third-order valence-corrected chi connectivity index (χ3v) is 6.58. The van der Waals surface area contributed by atoms with Crippen LogP contribution in [0, 0.1) is 0 Å². The Balaban J connectivity index is 1.47. The van der Waals surface area contributed by atoms with Crippen molar-refractivity contribution in [3.05, 3.63) is 102 Å². The molecule has 1 heterocycles. The first-order chi connectivity index (χ1) is 18.1. The molecule has 0 bridgehead atoms. The zero-order valence-corrected chi connectivity index (χ0v) is 21.7. The molecule has 3 aromatic carbocycles. The molecule has 0 radical (unpaired) electrons. The number of aromatic nitrogens is 1. The Bertz CT molecular complexity index is 1300. The number of aromatic amines is 1. The summed E-state index contributed by atoms with van der Waals surface area (Å²) in [5, 5.41) is 1.18. The molecule has 1 aromatic heterocycles. The van der Waals surface area contributed by atoms with Crippen LogP contribution in [0.2, 0.25) is 0 Å². The SMILES string of the molecule is CCCN(CC(=O)N(CCc1c[nH]c2ccccc12)Cc1ccccc1)C(=O)Cc1ccc(OC)cc1. The Morgan fingerprint density at radius 3 is 2.27 bits per heavy atom. The van der Waals surface area contributed by atoms with E-state index in [4.69, 9.17) is 4.74 Å². The van der Waals surface area contributed by atoms with E-state index in [1.165, 1.54) is 10.9 Å². The van der Waals surface area contributed by atoms with Crippen molar-refractivity contribution in [3.8, 4) is 5.75 Å². The second-order valence-corrected chi connectivity index (χ2v) is 9.25. The summed E-state index contributed by atoms with van der Waals surface area (Å²) >= 11 is 0. The van der Waals surface area contributed by atoms with Gasteiger partial charge in [-0.15, -0.1) is 0 Å². The van der Waals surface area contributed by atoms with Gasteiger partial charge < -0.3 is 19.5 Å². The van der Waals surface area contributed by atoms with Gasteiger partial charge in [0.1, 0.15) is 5.75 Å². The number of nitrogens with one attached hydrogen (secondary N) is 1. The van der Waals surface area contributed by atoms with E-state index in [9.17, 15) is 9.59 Å². The summed E-state index contributed by atoms with van der Waals surface area (Å²) in [5.74, 6) is 0.667. The fourth-order valence-corrected chi connectivity index (χ4v) is 4.54. The molecule has 6 heteroatoms. The fraction of sp³-hybridized carbons (Fsp3) is 0.290. The molecule has 0 saturated heterocycles. The van der Waals surface area contributed by atoms with Crippen molar-refractivity contribution in [1.82, 2.24) is 14.8 Å². The molecule has 0 saturated carbocycles. The Kier molecular flexibility index (Phi) is 8.98. The molecule has 6 nitrogen and oxygen atoms in total. The normalized spacial score (nSPS) is 10.9. The Labute approximate surface area is 218 Å². The first kappa shape index (κ1) is 26.0. The van der Waals surface area contributed by atoms with Gasteiger partial charge in [-0.3, -0.25) is 9.59 Å². The lowest BCUT2D eigenvalue weighted by Crippen LogP contribution is -2.44. The highest BCUT2D eigenvalue weighted by molar-refractivity contribution is 5.86. The van der Waals surface area contributed by atoms with Crippen molar-refractivity contribution in [2.24, 2.45) is 0 Å². The molecule has 0 atom stereocenters. The molecule has 4 aromatic rings. The summed E-state index contributed by atoms with van der Waals surface area (Å²) < 4.78 is 5.21. The molecule has 0 spiro atoms. The summed E-state index contributed by atoms with van der Waals surface area (Å²) in [5.41, 5.74) is 4.25. The smallest absolute Gasteiger partial charge is 0.242 e. The third kappa shape index (κ3) is 7.00. The van der Waals surface area contributed by atoms with Crippen molar-refractivity contribution < 1.29 is 14.3 Å². The van der Waals surface area contributed by atoms with E-state index in [2.05, 4.69) is 17.1 Å². The Morgan fingerprint density at radius 1 is 0.811 bits per heavy atom. The van der Waals surface area contributed by atoms with E-state index in [-0.39, 0.29) is 24.8 Å². The van der Waals surface area contributed by atoms with Gasteiger partial charge in [0.2, 0.25) is 11.8 Å². The number of carbonyl (C=O) groups excluding carboxylic acids is 2. The summed E-state index contributed by atoms with van der Waals surface area (Å²) in [7, 11) is 1.62. The van der Waals surface area contributed by atoms with Crippen molar-refractivity contribution in [2.45, 2.75) is 32.7 Å². The highest BCUT2D eigenvalue weighted by atomic mass is 16.5. The van der Waals surface area contributed by atoms with Gasteiger partial charge in [0.05, 0.1) is 20.1 Å². The Hall–Kier alpha value is -4.06. The zero-order valence-electron chi connectivity index (χ0n) is 21.7. The largest absolute Gasteiger partial charge is 0.497 e. The van der Waals surface area contributed by atoms with Crippen LogP contribution in [0.4, 0.5) is 0 Å². The average Bonchev–Trinajstić information content (AvgIpc) is 3.34. The maximum Gasteiger partial charge on any atom is 0.242 e. The highest BCUT2D eigenvalue weighted by Gasteiger charge is 2.22. The predicted octanol–water partition coefficient (Wildman–Crippen LogP) is 5.23. The predicted molar refractivity (Wildman–Crippen MR) is 147 cm³/mol. The number of amides is 2. The summed E-state index contributed by atoms with van der Waals surface area (Å²) in [6, 6.07) is 25.7. The van der Waals surface area contributed by atoms with Crippen LogP contribution in [0.15, 0.2) is 85.1 Å². The summed E-state index contributed by atoms with van der Waals surface area (Å²) in [6.45, 7) is 3.72. The number of carbonyl (C=O) groups is 2. The standard InChI is InChI=1S/C31H35N3O3/c1-3-18-33(30(35)20-24-13-15-27(37-2)16-14-24)23-31(36)34(22-25-9-5-4-6-10-25)19-17-26-21-32-29-12-8-7-11-28(26)29/h4-16,21,32H,3,17-20,22-23H2,1-2H3. The first-order valence-electron chi connectivity index (χ1n) is 12.8. The van der Waals surface area contributed by atoms with Gasteiger partial charge in [-0.25, -0.2) is 0 Å². The lowest BCUT2D eigenvalue weighted by molar-refractivity contribution is -0.140. The zero-order chi connectivity index (χ0) is 26.0. The van der Waals surface area contributed by atoms with E-state index >= 15 is 0 Å². The van der Waals surface area contributed by atoms with Gasteiger partial charge in [-0.1, -0.05) is 67.6 Å². The quantitative estimate of drug-likeness (QED) is 0.292. The van der Waals surface area contributed by atoms with E-state index in [1.54, 1.807) is 12.0 Å². The molecule has 2 amide bonds. The number of rotatable bonds is 12. The van der Waals surface area contributed by atoms with Gasteiger partial charge in [0.25, 0.3) is 0 Å². The number of ether oxygens (including phenoxy) is 1. The third-order valence-electron chi connectivity index (χ3n) is 6.58. The minimum atomic E-state index is -0.0448. The van der Waals surface area contributed by atoms with Crippen LogP contribution in [-0.2, 0) is 29.0 Å². The van der Waals surface area contributed by atoms with Gasteiger partial charge in [0.15, 0.2) is 0 Å². The topological polar surface area (TPSA) is 65.6 Å². The molecule has 0 aliphatic rings. The van der Waals surface area contributed by atoms with E-state index in [1.807, 2.05) is 84.8 Å². The molecule has 4 rings (SSSR count). The number of H-pyrrole nitrogens is 1. The van der Waals surface area contributed by atoms with Gasteiger partial charge in [-0.05, 0) is 47.7 Å². The number of fused-ring (bicyclic) bond motifs is 1. The van der Waals surface area contributed by atoms with Crippen LogP contribution in [0.5, 0.6) is 5.75 Å². The average molecular weight is 498 g/mol. The summed E-state index contributed by atoms with van der Waals surface area (Å²) in [4.78, 5) is 33.7. The second-order valence-electron chi connectivity index (χ2n) is 9.25. The van der Waals surface area contributed by atoms with E-state index in [0.717, 1.165) is 35.2 Å². The molecule has 1 N–H and O–H groups in total. The highest BCUT2D eigenvalue weighted by Crippen LogP contribution is 2.19. The molecular formula is C31H35N3O3. The van der Waals surface area contributed by atoms with Crippen LogP contribution < -0.4 is 4.74 Å². The molecule has 0 aliphatic carbocycles. The molecule has 0 fully saturated rings. The van der Waals surface area contributed by atoms with Crippen LogP contribution in [0.3, 0.4) is 0 Å². The Morgan fingerprint density at radius 2 is 1.54 bits per heavy atom. The molecule has 0 aliphatic heterocycles. The lowest BCUT2D eigenvalue weighted by atomic mass is 10.1. The fourth-order valence-electron chi connectivity index (χ4n) is 4.54. The second kappa shape index (κ2) is 12.8. The van der Waals surface area contributed by atoms with Crippen LogP contribution in [0.25, 0.3) is 10.9 Å². The van der Waals surface area contributed by atoms with Crippen molar-refractivity contribution >= 4 is 22.7 Å². The van der Waals surface area contributed by atoms with Gasteiger partial charge in [-0.2, -0.15) is 0 Å². The maximum absolute atomic E-state index is 13.6. The molecule has 192 valence electrons. The first-order valence-corrected chi connectivity index (χ1v) is 12.8. The van der Waals surface area contributed by atoms with E-state index < -0.39 is 0 Å². The molecule has 0 unspecified atom stereocenters. The van der Waals surface area contributed by atoms with Crippen molar-refractivity contribution in [3.63, 3.8) is 0 Å². The minimum Gasteiger partial charge on any atom is -0.497 e. The number of benzene rings is 3. The lowest BCUT2D eigenvalue weighted by Gasteiger charge is -2.28. The molecule has 37 heavy (non-hydrogen) atoms. The van der Waals surface area contributed by atoms with E-state index in [0.29, 0.717) is 19.6 Å². The number of methoxy groups -OCH3 is 1. The maximum atomic E-state index is 13.6.